The van der Waals surface area contributed by atoms with Crippen LogP contribution in [0, 0.1) is 25.2 Å². The second kappa shape index (κ2) is 10.2. The van der Waals surface area contributed by atoms with Crippen LogP contribution in [0.4, 0.5) is 0 Å². The fraction of sp³-hybridized carbons (Fsp3) is 0.536. The normalized spacial score (nSPS) is 21.3. The number of amides is 1. The van der Waals surface area contributed by atoms with Gasteiger partial charge in [0.15, 0.2) is 0 Å². The molecule has 2 aliphatic heterocycles. The zero-order valence-corrected chi connectivity index (χ0v) is 20.0. The maximum absolute atomic E-state index is 13.5. The summed E-state index contributed by atoms with van der Waals surface area (Å²) in [5.41, 5.74) is 5.88. The predicted molar refractivity (Wildman–Crippen MR) is 131 cm³/mol. The molecule has 1 atom stereocenters. The Balaban J connectivity index is 1.50. The number of nitrogens with zero attached hydrogens (tertiary/aromatic N) is 1. The lowest BCUT2D eigenvalue weighted by Gasteiger charge is -2.37. The van der Waals surface area contributed by atoms with E-state index in [1.807, 2.05) is 0 Å². The number of rotatable bonds is 6. The van der Waals surface area contributed by atoms with E-state index in [0.717, 1.165) is 32.4 Å². The molecule has 1 N–H and O–H groups in total. The second-order valence-electron chi connectivity index (χ2n) is 10.1. The van der Waals surface area contributed by atoms with Gasteiger partial charge < -0.3 is 15.0 Å². The van der Waals surface area contributed by atoms with Gasteiger partial charge in [-0.05, 0) is 82.2 Å². The number of nitrogens with one attached hydrogen (secondary N) is 1. The first-order chi connectivity index (χ1) is 15.4. The highest BCUT2D eigenvalue weighted by molar-refractivity contribution is 5.83. The van der Waals surface area contributed by atoms with Gasteiger partial charge in [0.05, 0.1) is 5.41 Å². The molecule has 4 rings (SSSR count). The van der Waals surface area contributed by atoms with E-state index in [1.165, 1.54) is 47.2 Å². The average molecular weight is 435 g/mol. The van der Waals surface area contributed by atoms with Crippen molar-refractivity contribution in [3.8, 4) is 11.1 Å². The minimum absolute atomic E-state index is 0.214. The Morgan fingerprint density at radius 2 is 1.84 bits per heavy atom. The summed E-state index contributed by atoms with van der Waals surface area (Å²) in [5.74, 6) is 0.772. The first kappa shape index (κ1) is 23.0. The molecule has 2 fully saturated rings. The molecule has 2 saturated heterocycles. The third-order valence-electron chi connectivity index (χ3n) is 7.23. The topological polar surface area (TPSA) is 41.6 Å². The lowest BCUT2D eigenvalue weighted by Crippen LogP contribution is -2.48. The fourth-order valence-electron chi connectivity index (χ4n) is 5.50. The van der Waals surface area contributed by atoms with E-state index in [2.05, 4.69) is 73.6 Å². The third kappa shape index (κ3) is 5.60. The minimum atomic E-state index is -0.375. The van der Waals surface area contributed by atoms with Gasteiger partial charge in [-0.3, -0.25) is 4.79 Å². The van der Waals surface area contributed by atoms with E-state index < -0.39 is 0 Å². The van der Waals surface area contributed by atoms with Gasteiger partial charge in [-0.2, -0.15) is 0 Å². The number of aryl methyl sites for hydroxylation is 2. The fourth-order valence-corrected chi connectivity index (χ4v) is 5.50. The number of hydrogen-bond acceptors (Lipinski definition) is 3. The van der Waals surface area contributed by atoms with E-state index in [1.54, 1.807) is 0 Å². The molecule has 0 spiro atoms. The summed E-state index contributed by atoms with van der Waals surface area (Å²) in [4.78, 5) is 15.9. The molecule has 172 valence electrons. The van der Waals surface area contributed by atoms with Gasteiger partial charge in [-0.1, -0.05) is 53.6 Å². The number of likely N-dealkylation sites (tertiary alicyclic amines) is 1. The summed E-state index contributed by atoms with van der Waals surface area (Å²) in [6.45, 7) is 8.65. The summed E-state index contributed by atoms with van der Waals surface area (Å²) in [5, 5.41) is 3.34. The molecule has 2 aliphatic rings. The summed E-state index contributed by atoms with van der Waals surface area (Å²) >= 11 is 0. The number of hydrogen-bond donors (Lipinski definition) is 1. The molecule has 0 aromatic heterocycles. The van der Waals surface area contributed by atoms with Crippen molar-refractivity contribution >= 4 is 5.91 Å². The number of carbonyl (C=O) groups is 1. The lowest BCUT2D eigenvalue weighted by atomic mass is 9.74. The Morgan fingerprint density at radius 1 is 1.09 bits per heavy atom. The summed E-state index contributed by atoms with van der Waals surface area (Å²) in [6.07, 6.45) is 4.78. The van der Waals surface area contributed by atoms with Crippen LogP contribution in [0.3, 0.4) is 0 Å². The zero-order valence-electron chi connectivity index (χ0n) is 20.0. The summed E-state index contributed by atoms with van der Waals surface area (Å²) < 4.78 is 5.65. The molecule has 2 heterocycles. The van der Waals surface area contributed by atoms with Crippen molar-refractivity contribution < 1.29 is 9.53 Å². The minimum Gasteiger partial charge on any atom is -0.381 e. The first-order valence-corrected chi connectivity index (χ1v) is 12.2. The van der Waals surface area contributed by atoms with Crippen LogP contribution < -0.4 is 5.32 Å². The maximum atomic E-state index is 13.5. The molecule has 32 heavy (non-hydrogen) atoms. The quantitative estimate of drug-likeness (QED) is 0.712. The summed E-state index contributed by atoms with van der Waals surface area (Å²) in [7, 11) is 2.18. The largest absolute Gasteiger partial charge is 0.381 e. The van der Waals surface area contributed by atoms with E-state index in [4.69, 9.17) is 4.74 Å². The highest BCUT2D eigenvalue weighted by Gasteiger charge is 2.40. The highest BCUT2D eigenvalue weighted by Crippen LogP contribution is 2.36. The molecular formula is C28H38N2O2. The molecule has 1 unspecified atom stereocenters. The number of benzene rings is 2. The number of ether oxygens (including phenoxy) is 1. The Morgan fingerprint density at radius 3 is 2.56 bits per heavy atom. The Labute approximate surface area is 193 Å². The molecule has 1 amide bonds. The molecular weight excluding hydrogens is 396 g/mol. The molecule has 4 heteroatoms. The molecule has 0 saturated carbocycles. The van der Waals surface area contributed by atoms with Gasteiger partial charge >= 0.3 is 0 Å². The van der Waals surface area contributed by atoms with E-state index in [9.17, 15) is 4.79 Å². The van der Waals surface area contributed by atoms with Crippen molar-refractivity contribution in [1.82, 2.24) is 10.2 Å². The number of piperidine rings is 1. The molecule has 4 nitrogen and oxygen atoms in total. The van der Waals surface area contributed by atoms with Crippen molar-refractivity contribution in [2.45, 2.75) is 46.0 Å². The van der Waals surface area contributed by atoms with Crippen molar-refractivity contribution in [2.24, 2.45) is 11.3 Å². The van der Waals surface area contributed by atoms with Crippen LogP contribution in [0.2, 0.25) is 0 Å². The van der Waals surface area contributed by atoms with Gasteiger partial charge in [-0.25, -0.2) is 0 Å². The monoisotopic (exact) mass is 434 g/mol. The standard InChI is InChI=1S/C28H38N2O2/c1-21-14-22(2)16-26(15-21)25-8-4-6-23(17-25)18-28(9-12-32-13-10-28)27(31)29-19-24-7-5-11-30(3)20-24/h4,6,8,14-17,24H,5,7,9-13,18-20H2,1-3H3,(H,29,31). The zero-order chi connectivity index (χ0) is 22.6. The molecule has 2 aromatic carbocycles. The van der Waals surface area contributed by atoms with E-state index in [0.29, 0.717) is 19.1 Å². The maximum Gasteiger partial charge on any atom is 0.226 e. The van der Waals surface area contributed by atoms with Crippen LogP contribution in [0.1, 0.15) is 42.4 Å². The third-order valence-corrected chi connectivity index (χ3v) is 7.23. The smallest absolute Gasteiger partial charge is 0.226 e. The van der Waals surface area contributed by atoms with Crippen molar-refractivity contribution in [3.63, 3.8) is 0 Å². The Bertz CT molecular complexity index is 913. The molecule has 2 aromatic rings. The summed E-state index contributed by atoms with van der Waals surface area (Å²) in [6, 6.07) is 15.4. The van der Waals surface area contributed by atoms with Gasteiger partial charge in [0.1, 0.15) is 0 Å². The van der Waals surface area contributed by atoms with Crippen molar-refractivity contribution in [1.29, 1.82) is 0 Å². The Kier molecular flexibility index (Phi) is 7.32. The van der Waals surface area contributed by atoms with Crippen LogP contribution >= 0.6 is 0 Å². The molecule has 0 aliphatic carbocycles. The van der Waals surface area contributed by atoms with Gasteiger partial charge in [0.25, 0.3) is 0 Å². The van der Waals surface area contributed by atoms with Gasteiger partial charge in [0, 0.05) is 26.3 Å². The lowest BCUT2D eigenvalue weighted by molar-refractivity contribution is -0.137. The highest BCUT2D eigenvalue weighted by atomic mass is 16.5. The SMILES string of the molecule is Cc1cc(C)cc(-c2cccc(CC3(C(=O)NCC4CCCN(C)C4)CCOCC3)c2)c1. The molecule has 0 bridgehead atoms. The predicted octanol–water partition coefficient (Wildman–Crippen LogP) is 4.77. The van der Waals surface area contributed by atoms with Crippen LogP contribution in [0.15, 0.2) is 42.5 Å². The van der Waals surface area contributed by atoms with Crippen LogP contribution in [0.5, 0.6) is 0 Å². The van der Waals surface area contributed by atoms with Crippen LogP contribution in [-0.4, -0.2) is 50.7 Å². The van der Waals surface area contributed by atoms with Gasteiger partial charge in [-0.15, -0.1) is 0 Å². The van der Waals surface area contributed by atoms with Gasteiger partial charge in [0.2, 0.25) is 5.91 Å². The Hall–Kier alpha value is -2.17. The van der Waals surface area contributed by atoms with Crippen molar-refractivity contribution in [2.75, 3.05) is 39.9 Å². The molecule has 0 radical (unpaired) electrons. The van der Waals surface area contributed by atoms with E-state index in [-0.39, 0.29) is 11.3 Å². The van der Waals surface area contributed by atoms with Crippen LogP contribution in [0.25, 0.3) is 11.1 Å². The first-order valence-electron chi connectivity index (χ1n) is 12.2. The average Bonchev–Trinajstić information content (AvgIpc) is 2.78. The van der Waals surface area contributed by atoms with Crippen molar-refractivity contribution in [3.05, 3.63) is 59.2 Å². The second-order valence-corrected chi connectivity index (χ2v) is 10.1. The van der Waals surface area contributed by atoms with Crippen LogP contribution in [-0.2, 0) is 16.0 Å². The van der Waals surface area contributed by atoms with E-state index >= 15 is 0 Å². The number of carbonyl (C=O) groups excluding carboxylic acids is 1.